The fraction of sp³-hybridized carbons (Fsp3) is 0.636. The molecule has 0 aliphatic carbocycles. The molecule has 0 radical (unpaired) electrons. The van der Waals surface area contributed by atoms with Crippen molar-refractivity contribution >= 4 is 11.6 Å². The lowest BCUT2D eigenvalue weighted by Gasteiger charge is -2.23. The maximum absolute atomic E-state index is 12.3. The molecule has 1 fully saturated rings. The number of hydrogen-bond acceptors (Lipinski definition) is 4. The van der Waals surface area contributed by atoms with E-state index in [1.165, 1.54) is 0 Å². The SMILES string of the molecule is Cc1nn(C)c(C(=O)N(C)C2CCOC2)c1N. The molecule has 2 N–H and O–H groups in total. The molecule has 0 aromatic carbocycles. The number of hydrogen-bond donors (Lipinski definition) is 1. The first-order valence-corrected chi connectivity index (χ1v) is 5.66. The van der Waals surface area contributed by atoms with Crippen LogP contribution >= 0.6 is 0 Å². The summed E-state index contributed by atoms with van der Waals surface area (Å²) in [5, 5.41) is 4.15. The summed E-state index contributed by atoms with van der Waals surface area (Å²) in [4.78, 5) is 14.0. The highest BCUT2D eigenvalue weighted by Gasteiger charge is 2.28. The number of carbonyl (C=O) groups is 1. The number of carbonyl (C=O) groups excluding carboxylic acids is 1. The van der Waals surface area contributed by atoms with E-state index in [9.17, 15) is 4.79 Å². The van der Waals surface area contributed by atoms with E-state index in [4.69, 9.17) is 10.5 Å². The molecule has 94 valence electrons. The fourth-order valence-corrected chi connectivity index (χ4v) is 2.09. The van der Waals surface area contributed by atoms with E-state index in [2.05, 4.69) is 5.10 Å². The number of nitrogens with two attached hydrogens (primary N) is 1. The Morgan fingerprint density at radius 1 is 1.65 bits per heavy atom. The molecule has 0 spiro atoms. The zero-order chi connectivity index (χ0) is 12.6. The predicted octanol–water partition coefficient (Wildman–Crippen LogP) is 0.172. The van der Waals surface area contributed by atoms with E-state index in [1.807, 2.05) is 0 Å². The van der Waals surface area contributed by atoms with Gasteiger partial charge >= 0.3 is 0 Å². The second kappa shape index (κ2) is 4.37. The topological polar surface area (TPSA) is 73.4 Å². The Bertz CT molecular complexity index is 435. The van der Waals surface area contributed by atoms with Gasteiger partial charge in [-0.1, -0.05) is 0 Å². The maximum atomic E-state index is 12.3. The third kappa shape index (κ3) is 2.00. The Kier molecular flexibility index (Phi) is 3.06. The van der Waals surface area contributed by atoms with Crippen LogP contribution in [0.15, 0.2) is 0 Å². The number of likely N-dealkylation sites (N-methyl/N-ethyl adjacent to an activating group) is 1. The van der Waals surface area contributed by atoms with Crippen molar-refractivity contribution in [2.24, 2.45) is 7.05 Å². The molecule has 1 aromatic rings. The lowest BCUT2D eigenvalue weighted by atomic mass is 10.2. The number of aryl methyl sites for hydroxylation is 2. The summed E-state index contributed by atoms with van der Waals surface area (Å²) in [6, 6.07) is 0.136. The van der Waals surface area contributed by atoms with Gasteiger partial charge in [0.1, 0.15) is 5.69 Å². The van der Waals surface area contributed by atoms with Gasteiger partial charge in [0.15, 0.2) is 0 Å². The van der Waals surface area contributed by atoms with Crippen LogP contribution in [0.25, 0.3) is 0 Å². The highest BCUT2D eigenvalue weighted by atomic mass is 16.5. The first kappa shape index (κ1) is 11.9. The standard InChI is InChI=1S/C11H18N4O2/c1-7-9(12)10(15(3)13-7)11(16)14(2)8-4-5-17-6-8/h8H,4-6,12H2,1-3H3. The summed E-state index contributed by atoms with van der Waals surface area (Å²) < 4.78 is 6.82. The van der Waals surface area contributed by atoms with Gasteiger partial charge in [0.25, 0.3) is 5.91 Å². The summed E-state index contributed by atoms with van der Waals surface area (Å²) in [6.07, 6.45) is 0.874. The van der Waals surface area contributed by atoms with Crippen molar-refractivity contribution in [1.29, 1.82) is 0 Å². The number of nitrogens with zero attached hydrogens (tertiary/aromatic N) is 3. The molecular formula is C11H18N4O2. The van der Waals surface area contributed by atoms with Crippen molar-refractivity contribution in [1.82, 2.24) is 14.7 Å². The van der Waals surface area contributed by atoms with Crippen molar-refractivity contribution in [2.45, 2.75) is 19.4 Å². The van der Waals surface area contributed by atoms with E-state index in [-0.39, 0.29) is 11.9 Å². The van der Waals surface area contributed by atoms with E-state index in [0.29, 0.717) is 30.3 Å². The van der Waals surface area contributed by atoms with Gasteiger partial charge in [0.2, 0.25) is 0 Å². The first-order valence-electron chi connectivity index (χ1n) is 5.66. The number of amides is 1. The zero-order valence-corrected chi connectivity index (χ0v) is 10.4. The third-order valence-corrected chi connectivity index (χ3v) is 3.24. The molecule has 1 atom stereocenters. The van der Waals surface area contributed by atoms with Gasteiger partial charge in [0.05, 0.1) is 24.0 Å². The molecule has 2 rings (SSSR count). The summed E-state index contributed by atoms with van der Waals surface area (Å²) in [7, 11) is 3.51. The van der Waals surface area contributed by atoms with E-state index in [1.54, 1.807) is 30.6 Å². The molecule has 1 amide bonds. The van der Waals surface area contributed by atoms with Crippen LogP contribution in [0.4, 0.5) is 5.69 Å². The van der Waals surface area contributed by atoms with Gasteiger partial charge in [-0.05, 0) is 13.3 Å². The van der Waals surface area contributed by atoms with Gasteiger partial charge in [-0.2, -0.15) is 5.10 Å². The first-order chi connectivity index (χ1) is 8.02. The van der Waals surface area contributed by atoms with Crippen molar-refractivity contribution in [2.75, 3.05) is 26.0 Å². The van der Waals surface area contributed by atoms with Crippen LogP contribution in [0.5, 0.6) is 0 Å². The van der Waals surface area contributed by atoms with E-state index in [0.717, 1.165) is 6.42 Å². The summed E-state index contributed by atoms with van der Waals surface area (Å²) in [5.41, 5.74) is 7.48. The van der Waals surface area contributed by atoms with Gasteiger partial charge in [-0.25, -0.2) is 0 Å². The predicted molar refractivity (Wildman–Crippen MR) is 63.7 cm³/mol. The fourth-order valence-electron chi connectivity index (χ4n) is 2.09. The summed E-state index contributed by atoms with van der Waals surface area (Å²) in [5.74, 6) is -0.0962. The van der Waals surface area contributed by atoms with E-state index < -0.39 is 0 Å². The maximum Gasteiger partial charge on any atom is 0.274 e. The molecule has 1 unspecified atom stereocenters. The molecule has 0 saturated carbocycles. The molecule has 2 heterocycles. The van der Waals surface area contributed by atoms with Gasteiger partial charge < -0.3 is 15.4 Å². The lowest BCUT2D eigenvalue weighted by Crippen LogP contribution is -2.38. The average molecular weight is 238 g/mol. The van der Waals surface area contributed by atoms with Crippen LogP contribution in [0.2, 0.25) is 0 Å². The Balaban J connectivity index is 2.24. The molecule has 1 aromatic heterocycles. The molecule has 1 aliphatic heterocycles. The quantitative estimate of drug-likeness (QED) is 0.797. The summed E-state index contributed by atoms with van der Waals surface area (Å²) >= 11 is 0. The highest BCUT2D eigenvalue weighted by molar-refractivity contribution is 5.98. The molecule has 1 saturated heterocycles. The Morgan fingerprint density at radius 2 is 2.35 bits per heavy atom. The zero-order valence-electron chi connectivity index (χ0n) is 10.4. The average Bonchev–Trinajstić information content (AvgIpc) is 2.87. The Morgan fingerprint density at radius 3 is 2.82 bits per heavy atom. The molecule has 6 heteroatoms. The Labute approximate surface area is 100 Å². The minimum atomic E-state index is -0.0962. The molecule has 6 nitrogen and oxygen atoms in total. The van der Waals surface area contributed by atoms with Gasteiger partial charge in [0, 0.05) is 20.7 Å². The third-order valence-electron chi connectivity index (χ3n) is 3.24. The highest BCUT2D eigenvalue weighted by Crippen LogP contribution is 2.20. The van der Waals surface area contributed by atoms with Crippen molar-refractivity contribution < 1.29 is 9.53 Å². The van der Waals surface area contributed by atoms with Gasteiger partial charge in [-0.15, -0.1) is 0 Å². The molecule has 0 bridgehead atoms. The number of rotatable bonds is 2. The van der Waals surface area contributed by atoms with Crippen molar-refractivity contribution in [3.05, 3.63) is 11.4 Å². The number of ether oxygens (including phenoxy) is 1. The van der Waals surface area contributed by atoms with Crippen LogP contribution < -0.4 is 5.73 Å². The number of aromatic nitrogens is 2. The largest absolute Gasteiger partial charge is 0.395 e. The Hall–Kier alpha value is -1.56. The van der Waals surface area contributed by atoms with Crippen molar-refractivity contribution in [3.8, 4) is 0 Å². The van der Waals surface area contributed by atoms with Crippen LogP contribution in [0.3, 0.4) is 0 Å². The number of anilines is 1. The van der Waals surface area contributed by atoms with Crippen LogP contribution in [0, 0.1) is 6.92 Å². The monoisotopic (exact) mass is 238 g/mol. The smallest absolute Gasteiger partial charge is 0.274 e. The van der Waals surface area contributed by atoms with Crippen molar-refractivity contribution in [3.63, 3.8) is 0 Å². The van der Waals surface area contributed by atoms with Crippen LogP contribution in [-0.2, 0) is 11.8 Å². The van der Waals surface area contributed by atoms with E-state index >= 15 is 0 Å². The van der Waals surface area contributed by atoms with Crippen LogP contribution in [-0.4, -0.2) is 46.9 Å². The normalized spacial score (nSPS) is 19.6. The second-order valence-electron chi connectivity index (χ2n) is 4.40. The minimum Gasteiger partial charge on any atom is -0.395 e. The van der Waals surface area contributed by atoms with Crippen LogP contribution in [0.1, 0.15) is 22.6 Å². The number of nitrogen functional groups attached to an aromatic ring is 1. The molecular weight excluding hydrogens is 220 g/mol. The molecule has 1 aliphatic rings. The minimum absolute atomic E-state index is 0.0962. The second-order valence-corrected chi connectivity index (χ2v) is 4.40. The van der Waals surface area contributed by atoms with Gasteiger partial charge in [-0.3, -0.25) is 9.48 Å². The molecule has 17 heavy (non-hydrogen) atoms. The lowest BCUT2D eigenvalue weighted by molar-refractivity contribution is 0.0701. The summed E-state index contributed by atoms with van der Waals surface area (Å²) in [6.45, 7) is 3.10.